The van der Waals surface area contributed by atoms with Crippen molar-refractivity contribution >= 4 is 27.5 Å². The standard InChI is InChI=1S/C14H18N2O3S/c1-2-19-12(17)6-4-3-5-8-16-10-15-13-11(14(16)18)7-9-20-13/h7,9-10H,2-6,8H2,1H3. The highest BCUT2D eigenvalue weighted by molar-refractivity contribution is 7.16. The van der Waals surface area contributed by atoms with Crippen molar-refractivity contribution in [3.63, 3.8) is 0 Å². The highest BCUT2D eigenvalue weighted by atomic mass is 32.1. The Labute approximate surface area is 121 Å². The summed E-state index contributed by atoms with van der Waals surface area (Å²) < 4.78 is 6.50. The van der Waals surface area contributed by atoms with Gasteiger partial charge < -0.3 is 4.74 Å². The van der Waals surface area contributed by atoms with Crippen molar-refractivity contribution in [3.05, 3.63) is 28.1 Å². The number of hydrogen-bond donors (Lipinski definition) is 0. The molecular formula is C14H18N2O3S. The van der Waals surface area contributed by atoms with Gasteiger partial charge in [0.1, 0.15) is 4.83 Å². The fourth-order valence-electron chi connectivity index (χ4n) is 2.01. The van der Waals surface area contributed by atoms with Gasteiger partial charge >= 0.3 is 5.97 Å². The number of fused-ring (bicyclic) bond motifs is 1. The van der Waals surface area contributed by atoms with Gasteiger partial charge in [-0.1, -0.05) is 6.42 Å². The Balaban J connectivity index is 1.80. The van der Waals surface area contributed by atoms with Crippen LogP contribution >= 0.6 is 11.3 Å². The van der Waals surface area contributed by atoms with E-state index in [1.54, 1.807) is 17.8 Å². The average molecular weight is 294 g/mol. The molecule has 0 aromatic carbocycles. The Morgan fingerprint density at radius 1 is 1.40 bits per heavy atom. The van der Waals surface area contributed by atoms with Crippen LogP contribution in [-0.2, 0) is 16.1 Å². The maximum Gasteiger partial charge on any atom is 0.305 e. The van der Waals surface area contributed by atoms with Crippen LogP contribution in [0.2, 0.25) is 0 Å². The van der Waals surface area contributed by atoms with Gasteiger partial charge in [0.05, 0.1) is 18.3 Å². The Bertz CT molecular complexity index is 633. The number of ether oxygens (including phenoxy) is 1. The molecule has 0 aliphatic heterocycles. The van der Waals surface area contributed by atoms with E-state index in [4.69, 9.17) is 4.74 Å². The molecule has 0 fully saturated rings. The second kappa shape index (κ2) is 7.19. The van der Waals surface area contributed by atoms with Crippen LogP contribution in [0.1, 0.15) is 32.6 Å². The van der Waals surface area contributed by atoms with Crippen LogP contribution in [0.3, 0.4) is 0 Å². The zero-order valence-electron chi connectivity index (χ0n) is 11.5. The second-order valence-corrected chi connectivity index (χ2v) is 5.39. The molecule has 0 saturated heterocycles. The van der Waals surface area contributed by atoms with Crippen LogP contribution < -0.4 is 5.56 Å². The monoisotopic (exact) mass is 294 g/mol. The normalized spacial score (nSPS) is 10.8. The van der Waals surface area contributed by atoms with Crippen LogP contribution in [0, 0.1) is 0 Å². The Morgan fingerprint density at radius 2 is 2.25 bits per heavy atom. The summed E-state index contributed by atoms with van der Waals surface area (Å²) in [7, 11) is 0. The fraction of sp³-hybridized carbons (Fsp3) is 0.500. The summed E-state index contributed by atoms with van der Waals surface area (Å²) in [5, 5.41) is 2.56. The molecule has 0 bridgehead atoms. The first-order valence-corrected chi connectivity index (χ1v) is 7.68. The van der Waals surface area contributed by atoms with Crippen LogP contribution in [0.25, 0.3) is 10.2 Å². The zero-order valence-corrected chi connectivity index (χ0v) is 12.3. The molecule has 2 heterocycles. The number of nitrogens with zero attached hydrogens (tertiary/aromatic N) is 2. The lowest BCUT2D eigenvalue weighted by Crippen LogP contribution is -2.19. The molecule has 2 aromatic rings. The number of aromatic nitrogens is 2. The van der Waals surface area contributed by atoms with E-state index < -0.39 is 0 Å². The topological polar surface area (TPSA) is 61.2 Å². The molecule has 0 aliphatic carbocycles. The van der Waals surface area contributed by atoms with Gasteiger partial charge in [-0.15, -0.1) is 11.3 Å². The molecule has 0 atom stereocenters. The quantitative estimate of drug-likeness (QED) is 0.581. The summed E-state index contributed by atoms with van der Waals surface area (Å²) in [5.74, 6) is -0.147. The molecule has 108 valence electrons. The van der Waals surface area contributed by atoms with Gasteiger partial charge in [-0.2, -0.15) is 0 Å². The molecule has 20 heavy (non-hydrogen) atoms. The first-order chi connectivity index (χ1) is 9.72. The maximum absolute atomic E-state index is 12.1. The lowest BCUT2D eigenvalue weighted by Gasteiger charge is -2.05. The molecule has 2 rings (SSSR count). The molecule has 0 N–H and O–H groups in total. The number of hydrogen-bond acceptors (Lipinski definition) is 5. The third-order valence-corrected chi connectivity index (χ3v) is 3.86. The number of carbonyl (C=O) groups is 1. The van der Waals surface area contributed by atoms with E-state index in [1.807, 2.05) is 11.4 Å². The van der Waals surface area contributed by atoms with Gasteiger partial charge in [0, 0.05) is 13.0 Å². The second-order valence-electron chi connectivity index (χ2n) is 4.50. The molecule has 0 radical (unpaired) electrons. The summed E-state index contributed by atoms with van der Waals surface area (Å²) in [5.41, 5.74) is 0.0154. The van der Waals surface area contributed by atoms with Crippen molar-refractivity contribution in [1.29, 1.82) is 0 Å². The van der Waals surface area contributed by atoms with Gasteiger partial charge in [-0.05, 0) is 31.2 Å². The van der Waals surface area contributed by atoms with E-state index in [0.717, 1.165) is 24.1 Å². The first kappa shape index (κ1) is 14.7. The summed E-state index contributed by atoms with van der Waals surface area (Å²) in [6.45, 7) is 2.87. The SMILES string of the molecule is CCOC(=O)CCCCCn1cnc2sccc2c1=O. The molecule has 2 aromatic heterocycles. The Hall–Kier alpha value is -1.69. The molecule has 0 saturated carbocycles. The Morgan fingerprint density at radius 3 is 3.05 bits per heavy atom. The molecule has 0 aliphatic rings. The summed E-state index contributed by atoms with van der Waals surface area (Å²) in [6.07, 6.45) is 4.60. The van der Waals surface area contributed by atoms with Crippen molar-refractivity contribution in [2.24, 2.45) is 0 Å². The van der Waals surface area contributed by atoms with Crippen molar-refractivity contribution in [3.8, 4) is 0 Å². The zero-order chi connectivity index (χ0) is 14.4. The lowest BCUT2D eigenvalue weighted by atomic mass is 10.2. The largest absolute Gasteiger partial charge is 0.466 e. The number of esters is 1. The van der Waals surface area contributed by atoms with Crippen LogP contribution in [-0.4, -0.2) is 22.1 Å². The summed E-state index contributed by atoms with van der Waals surface area (Å²) in [4.78, 5) is 28.3. The fourth-order valence-corrected chi connectivity index (χ4v) is 2.74. The predicted molar refractivity (Wildman–Crippen MR) is 79.0 cm³/mol. The molecule has 0 spiro atoms. The minimum Gasteiger partial charge on any atom is -0.466 e. The molecule has 0 unspecified atom stereocenters. The number of unbranched alkanes of at least 4 members (excludes halogenated alkanes) is 2. The van der Waals surface area contributed by atoms with Crippen LogP contribution in [0.4, 0.5) is 0 Å². The first-order valence-electron chi connectivity index (χ1n) is 6.80. The number of thiophene rings is 1. The summed E-state index contributed by atoms with van der Waals surface area (Å²) in [6, 6.07) is 1.81. The van der Waals surface area contributed by atoms with Crippen molar-refractivity contribution in [2.45, 2.75) is 39.2 Å². The molecule has 0 amide bonds. The number of rotatable bonds is 7. The van der Waals surface area contributed by atoms with Gasteiger partial charge in [-0.25, -0.2) is 4.98 Å². The van der Waals surface area contributed by atoms with Gasteiger partial charge in [-0.3, -0.25) is 14.2 Å². The van der Waals surface area contributed by atoms with E-state index in [2.05, 4.69) is 4.98 Å². The van der Waals surface area contributed by atoms with Crippen LogP contribution in [0.15, 0.2) is 22.6 Å². The van der Waals surface area contributed by atoms with Gasteiger partial charge in [0.2, 0.25) is 0 Å². The van der Waals surface area contributed by atoms with Crippen LogP contribution in [0.5, 0.6) is 0 Å². The van der Waals surface area contributed by atoms with Gasteiger partial charge in [0.15, 0.2) is 0 Å². The highest BCUT2D eigenvalue weighted by Crippen LogP contribution is 2.13. The minimum atomic E-state index is -0.147. The van der Waals surface area contributed by atoms with E-state index in [0.29, 0.717) is 25.0 Å². The van der Waals surface area contributed by atoms with E-state index in [1.165, 1.54) is 11.3 Å². The Kier molecular flexibility index (Phi) is 5.29. The molecule has 6 heteroatoms. The maximum atomic E-state index is 12.1. The van der Waals surface area contributed by atoms with E-state index in [9.17, 15) is 9.59 Å². The van der Waals surface area contributed by atoms with E-state index >= 15 is 0 Å². The molecule has 5 nitrogen and oxygen atoms in total. The van der Waals surface area contributed by atoms with E-state index in [-0.39, 0.29) is 11.5 Å². The number of aryl methyl sites for hydroxylation is 1. The third kappa shape index (κ3) is 3.66. The predicted octanol–water partition coefficient (Wildman–Crippen LogP) is 2.58. The van der Waals surface area contributed by atoms with Crippen molar-refractivity contribution in [2.75, 3.05) is 6.61 Å². The van der Waals surface area contributed by atoms with Crippen molar-refractivity contribution < 1.29 is 9.53 Å². The highest BCUT2D eigenvalue weighted by Gasteiger charge is 2.05. The minimum absolute atomic E-state index is 0.0154. The third-order valence-electron chi connectivity index (χ3n) is 3.04. The molecular weight excluding hydrogens is 276 g/mol. The lowest BCUT2D eigenvalue weighted by molar-refractivity contribution is -0.143. The smallest absolute Gasteiger partial charge is 0.305 e. The number of carbonyl (C=O) groups excluding carboxylic acids is 1. The average Bonchev–Trinajstić information content (AvgIpc) is 2.90. The van der Waals surface area contributed by atoms with Crippen molar-refractivity contribution in [1.82, 2.24) is 9.55 Å². The van der Waals surface area contributed by atoms with Gasteiger partial charge in [0.25, 0.3) is 5.56 Å². The summed E-state index contributed by atoms with van der Waals surface area (Å²) >= 11 is 1.47.